The summed E-state index contributed by atoms with van der Waals surface area (Å²) in [4.78, 5) is 38.9. The summed E-state index contributed by atoms with van der Waals surface area (Å²) in [7, 11) is -2.61. The molecule has 1 N–H and O–H groups in total. The zero-order valence-electron chi connectivity index (χ0n) is 19.8. The molecule has 0 radical (unpaired) electrons. The van der Waals surface area contributed by atoms with Crippen molar-refractivity contribution >= 4 is 38.8 Å². The smallest absolute Gasteiger partial charge is 0.398 e. The van der Waals surface area contributed by atoms with Crippen molar-refractivity contribution in [3.05, 3.63) is 47.5 Å². The van der Waals surface area contributed by atoms with E-state index < -0.39 is 33.5 Å². The van der Waals surface area contributed by atoms with Crippen molar-refractivity contribution in [2.45, 2.75) is 32.9 Å². The van der Waals surface area contributed by atoms with Gasteiger partial charge < -0.3 is 19.0 Å². The van der Waals surface area contributed by atoms with Crippen molar-refractivity contribution in [2.75, 3.05) is 13.4 Å². The highest BCUT2D eigenvalue weighted by Crippen LogP contribution is 2.44. The lowest BCUT2D eigenvalue weighted by molar-refractivity contribution is -0.149. The molecule has 2 heterocycles. The molecule has 4 rings (SSSR count). The van der Waals surface area contributed by atoms with Crippen molar-refractivity contribution in [3.8, 4) is 22.8 Å². The van der Waals surface area contributed by atoms with Gasteiger partial charge in [0.05, 0.1) is 30.1 Å². The molecule has 35 heavy (non-hydrogen) atoms. The molecule has 0 aliphatic carbocycles. The van der Waals surface area contributed by atoms with Crippen LogP contribution in [0.5, 0.6) is 11.5 Å². The number of nitrogens with one attached hydrogen (secondary N) is 1. The van der Waals surface area contributed by atoms with E-state index in [0.717, 1.165) is 6.26 Å². The summed E-state index contributed by atoms with van der Waals surface area (Å²) >= 11 is 0. The van der Waals surface area contributed by atoms with Crippen LogP contribution in [0, 0.1) is 0 Å². The predicted molar refractivity (Wildman–Crippen MR) is 127 cm³/mol. The van der Waals surface area contributed by atoms with Crippen molar-refractivity contribution < 1.29 is 36.5 Å². The molecular formula is C24H24N2O8S. The Morgan fingerprint density at radius 2 is 1.80 bits per heavy atom. The Kier molecular flexibility index (Phi) is 5.84. The number of benzene rings is 2. The Balaban J connectivity index is 2.01. The summed E-state index contributed by atoms with van der Waals surface area (Å²) in [5, 5.41) is 3.29. The van der Waals surface area contributed by atoms with Gasteiger partial charge in [-0.15, -0.1) is 0 Å². The molecule has 0 saturated heterocycles. The lowest BCUT2D eigenvalue weighted by Gasteiger charge is -2.20. The first-order chi connectivity index (χ1) is 16.3. The molecule has 0 saturated carbocycles. The lowest BCUT2D eigenvalue weighted by Crippen LogP contribution is -2.32. The van der Waals surface area contributed by atoms with E-state index in [2.05, 4.69) is 5.32 Å². The minimum absolute atomic E-state index is 0.0105. The maximum Gasteiger partial charge on any atom is 0.398 e. The van der Waals surface area contributed by atoms with E-state index >= 15 is 0 Å². The molecule has 0 unspecified atom stereocenters. The first kappa shape index (κ1) is 24.3. The van der Waals surface area contributed by atoms with E-state index in [1.165, 1.54) is 17.7 Å². The van der Waals surface area contributed by atoms with Crippen molar-refractivity contribution in [2.24, 2.45) is 0 Å². The van der Waals surface area contributed by atoms with Crippen LogP contribution < -0.4 is 14.2 Å². The van der Waals surface area contributed by atoms with Crippen molar-refractivity contribution in [3.63, 3.8) is 0 Å². The zero-order chi connectivity index (χ0) is 25.7. The van der Waals surface area contributed by atoms with E-state index in [-0.39, 0.29) is 40.4 Å². The molecule has 0 bridgehead atoms. The maximum atomic E-state index is 13.3. The minimum atomic E-state index is -3.94. The van der Waals surface area contributed by atoms with E-state index in [1.807, 2.05) is 0 Å². The van der Waals surface area contributed by atoms with Gasteiger partial charge in [-0.05, 0) is 39.0 Å². The summed E-state index contributed by atoms with van der Waals surface area (Å²) < 4.78 is 40.8. The molecule has 0 fully saturated rings. The zero-order valence-corrected chi connectivity index (χ0v) is 20.6. The second-order valence-corrected chi connectivity index (χ2v) is 10.6. The molecule has 2 aromatic carbocycles. The number of para-hydroxylation sites is 1. The third-order valence-electron chi connectivity index (χ3n) is 5.22. The monoisotopic (exact) mass is 500 g/mol. The van der Waals surface area contributed by atoms with E-state index in [9.17, 15) is 22.8 Å². The summed E-state index contributed by atoms with van der Waals surface area (Å²) in [6, 6.07) is 9.99. The van der Waals surface area contributed by atoms with Crippen molar-refractivity contribution in [1.82, 2.24) is 9.88 Å². The standard InChI is InChI=1S/C24H24N2O8S/c1-24(2,3)33-23(29)22(28)26-16-9-7-6-8-13(16)10-17(26)14-11-18(32-4)20(34-35(5,30)31)15-12-25-21(27)19(14)15/h6-11H,12H2,1-5H3,(H,25,27). The maximum absolute atomic E-state index is 13.3. The number of aromatic nitrogens is 1. The van der Waals surface area contributed by atoms with Gasteiger partial charge in [0.25, 0.3) is 5.91 Å². The summed E-state index contributed by atoms with van der Waals surface area (Å²) in [5.74, 6) is -2.57. The van der Waals surface area contributed by atoms with E-state index in [1.54, 1.807) is 51.1 Å². The van der Waals surface area contributed by atoms with Crippen molar-refractivity contribution in [1.29, 1.82) is 0 Å². The third kappa shape index (κ3) is 4.59. The quantitative estimate of drug-likeness (QED) is 0.329. The topological polar surface area (TPSA) is 130 Å². The van der Waals surface area contributed by atoms with Gasteiger partial charge >= 0.3 is 22.0 Å². The van der Waals surface area contributed by atoms with Gasteiger partial charge in [-0.3, -0.25) is 14.2 Å². The summed E-state index contributed by atoms with van der Waals surface area (Å²) in [5.41, 5.74) is 0.410. The summed E-state index contributed by atoms with van der Waals surface area (Å²) in [6.45, 7) is 4.93. The number of carbonyl (C=O) groups excluding carboxylic acids is 3. The Hall–Kier alpha value is -3.86. The molecule has 1 amide bonds. The largest absolute Gasteiger partial charge is 0.493 e. The predicted octanol–water partition coefficient (Wildman–Crippen LogP) is 2.88. The fourth-order valence-corrected chi connectivity index (χ4v) is 4.45. The van der Waals surface area contributed by atoms with Crippen LogP contribution in [0.25, 0.3) is 22.2 Å². The molecule has 0 atom stereocenters. The van der Waals surface area contributed by atoms with Gasteiger partial charge in [-0.25, -0.2) is 4.79 Å². The number of ether oxygens (including phenoxy) is 2. The average Bonchev–Trinajstić information content (AvgIpc) is 3.32. The molecule has 1 aromatic heterocycles. The Morgan fingerprint density at radius 3 is 2.43 bits per heavy atom. The highest BCUT2D eigenvalue weighted by atomic mass is 32.2. The van der Waals surface area contributed by atoms with E-state index in [4.69, 9.17) is 13.7 Å². The minimum Gasteiger partial charge on any atom is -0.493 e. The summed E-state index contributed by atoms with van der Waals surface area (Å²) in [6.07, 6.45) is 0.883. The van der Waals surface area contributed by atoms with E-state index in [0.29, 0.717) is 10.9 Å². The first-order valence-corrected chi connectivity index (χ1v) is 12.4. The van der Waals surface area contributed by atoms with Gasteiger partial charge in [0, 0.05) is 23.1 Å². The van der Waals surface area contributed by atoms with Gasteiger partial charge in [-0.1, -0.05) is 18.2 Å². The number of fused-ring (bicyclic) bond motifs is 2. The fraction of sp³-hybridized carbons (Fsp3) is 0.292. The molecule has 0 spiro atoms. The Labute approximate surface area is 201 Å². The molecule has 1 aliphatic heterocycles. The second-order valence-electron chi connectivity index (χ2n) is 9.01. The SMILES string of the molecule is COc1cc(-c2cc3ccccc3n2C(=O)C(=O)OC(C)(C)C)c2c(c1OS(C)(=O)=O)CNC2=O. The molecule has 10 nitrogen and oxygen atoms in total. The molecule has 3 aromatic rings. The number of rotatable bonds is 4. The van der Waals surface area contributed by atoms with Crippen LogP contribution in [0.3, 0.4) is 0 Å². The number of nitrogens with zero attached hydrogens (tertiary/aromatic N) is 1. The number of esters is 1. The number of carbonyl (C=O) groups is 3. The number of amides is 1. The van der Waals surface area contributed by atoms with Crippen LogP contribution in [0.15, 0.2) is 36.4 Å². The highest BCUT2D eigenvalue weighted by Gasteiger charge is 2.34. The van der Waals surface area contributed by atoms with Gasteiger partial charge in [0.2, 0.25) is 0 Å². The molecule has 1 aliphatic rings. The number of methoxy groups -OCH3 is 1. The van der Waals surface area contributed by atoms with Crippen LogP contribution >= 0.6 is 0 Å². The fourth-order valence-electron chi connectivity index (χ4n) is 3.96. The van der Waals surface area contributed by atoms with Crippen LogP contribution in [-0.4, -0.2) is 49.7 Å². The molecule has 184 valence electrons. The van der Waals surface area contributed by atoms with Crippen LogP contribution in [0.4, 0.5) is 0 Å². The van der Waals surface area contributed by atoms with Crippen LogP contribution in [0.1, 0.15) is 41.5 Å². The van der Waals surface area contributed by atoms with Crippen LogP contribution in [0.2, 0.25) is 0 Å². The average molecular weight is 501 g/mol. The number of hydrogen-bond donors (Lipinski definition) is 1. The second kappa shape index (κ2) is 8.42. The number of hydrogen-bond acceptors (Lipinski definition) is 8. The van der Waals surface area contributed by atoms with Gasteiger partial charge in [-0.2, -0.15) is 8.42 Å². The molecule has 11 heteroatoms. The third-order valence-corrected chi connectivity index (χ3v) is 5.68. The lowest BCUT2D eigenvalue weighted by atomic mass is 9.98. The van der Waals surface area contributed by atoms with Gasteiger partial charge in [0.15, 0.2) is 11.5 Å². The Bertz CT molecular complexity index is 1500. The van der Waals surface area contributed by atoms with Gasteiger partial charge in [0.1, 0.15) is 5.60 Å². The Morgan fingerprint density at radius 1 is 1.11 bits per heavy atom. The highest BCUT2D eigenvalue weighted by molar-refractivity contribution is 7.86. The van der Waals surface area contributed by atoms with Crippen LogP contribution in [-0.2, 0) is 26.2 Å². The molecular weight excluding hydrogens is 476 g/mol. The first-order valence-electron chi connectivity index (χ1n) is 10.6. The normalized spacial score (nSPS) is 13.3.